The zero-order chi connectivity index (χ0) is 20.7. The molecule has 1 aromatic carbocycles. The quantitative estimate of drug-likeness (QED) is 0.424. The predicted molar refractivity (Wildman–Crippen MR) is 102 cm³/mol. The summed E-state index contributed by atoms with van der Waals surface area (Å²) < 4.78 is 13.4. The Balaban J connectivity index is 3.36. The Labute approximate surface area is 162 Å². The van der Waals surface area contributed by atoms with E-state index in [4.69, 9.17) is 16.9 Å². The average molecular weight is 391 g/mol. The summed E-state index contributed by atoms with van der Waals surface area (Å²) in [5.74, 6) is -2.61. The monoisotopic (exact) mass is 390 g/mol. The summed E-state index contributed by atoms with van der Waals surface area (Å²) in [4.78, 5) is 36.5. The first-order valence-corrected chi connectivity index (χ1v) is 8.64. The van der Waals surface area contributed by atoms with Crippen LogP contribution in [0.2, 0.25) is 0 Å². The Morgan fingerprint density at radius 2 is 1.85 bits per heavy atom. The van der Waals surface area contributed by atoms with Gasteiger partial charge in [0.2, 0.25) is 5.78 Å². The van der Waals surface area contributed by atoms with Gasteiger partial charge < -0.3 is 5.32 Å². The number of ketones is 2. The number of allylic oxidation sites excluding steroid dienone is 2. The number of carbonyl (C=O) groups is 3. The van der Waals surface area contributed by atoms with Crippen molar-refractivity contribution in [3.63, 3.8) is 0 Å². The summed E-state index contributed by atoms with van der Waals surface area (Å²) in [6, 6.07) is 5.26. The topological polar surface area (TPSA) is 87.0 Å². The van der Waals surface area contributed by atoms with E-state index in [1.807, 2.05) is 6.92 Å². The molecule has 0 bridgehead atoms. The molecule has 1 amide bonds. The van der Waals surface area contributed by atoms with Crippen LogP contribution in [0.3, 0.4) is 0 Å². The largest absolute Gasteiger partial charge is 0.322 e. The lowest BCUT2D eigenvalue weighted by atomic mass is 9.93. The Hall–Kier alpha value is -2.78. The van der Waals surface area contributed by atoms with Gasteiger partial charge in [0.05, 0.1) is 11.1 Å². The van der Waals surface area contributed by atoms with Crippen molar-refractivity contribution >= 4 is 34.8 Å². The van der Waals surface area contributed by atoms with Gasteiger partial charge in [0.15, 0.2) is 5.78 Å². The molecule has 1 aromatic rings. The highest BCUT2D eigenvalue weighted by Crippen LogP contribution is 2.26. The van der Waals surface area contributed by atoms with Crippen molar-refractivity contribution in [2.75, 3.05) is 5.32 Å². The average Bonchev–Trinajstić information content (AvgIpc) is 2.60. The fraction of sp³-hybridized carbons (Fsp3) is 0.300. The van der Waals surface area contributed by atoms with E-state index in [2.05, 4.69) is 5.32 Å². The first-order valence-electron chi connectivity index (χ1n) is 8.26. The van der Waals surface area contributed by atoms with Gasteiger partial charge in [-0.25, -0.2) is 4.39 Å². The number of amides is 1. The summed E-state index contributed by atoms with van der Waals surface area (Å²) in [5.41, 5.74) is 0.580. The van der Waals surface area contributed by atoms with Crippen LogP contribution in [0.4, 0.5) is 10.1 Å². The summed E-state index contributed by atoms with van der Waals surface area (Å²) in [7, 11) is 0. The van der Waals surface area contributed by atoms with E-state index < -0.39 is 23.3 Å². The molecule has 0 spiro atoms. The second-order valence-electron chi connectivity index (χ2n) is 5.91. The van der Waals surface area contributed by atoms with Crippen molar-refractivity contribution in [2.45, 2.75) is 40.5 Å². The van der Waals surface area contributed by atoms with Gasteiger partial charge in [0.25, 0.3) is 5.91 Å². The number of benzene rings is 1. The molecule has 0 aromatic heterocycles. The van der Waals surface area contributed by atoms with E-state index in [1.165, 1.54) is 26.0 Å². The molecule has 0 saturated carbocycles. The highest BCUT2D eigenvalue weighted by atomic mass is 35.5. The van der Waals surface area contributed by atoms with Crippen LogP contribution in [-0.2, 0) is 14.4 Å². The van der Waals surface area contributed by atoms with Crippen LogP contribution >= 0.6 is 11.6 Å². The molecule has 27 heavy (non-hydrogen) atoms. The number of rotatable bonds is 7. The van der Waals surface area contributed by atoms with E-state index in [-0.39, 0.29) is 27.4 Å². The van der Waals surface area contributed by atoms with Gasteiger partial charge in [0, 0.05) is 23.2 Å². The summed E-state index contributed by atoms with van der Waals surface area (Å²) in [6.45, 7) is 6.06. The van der Waals surface area contributed by atoms with Crippen molar-refractivity contribution in [3.05, 3.63) is 51.3 Å². The van der Waals surface area contributed by atoms with Crippen molar-refractivity contribution in [1.29, 1.82) is 5.26 Å². The number of hydrogen-bond acceptors (Lipinski definition) is 4. The number of carbonyl (C=O) groups excluding carboxylic acids is 3. The van der Waals surface area contributed by atoms with Crippen LogP contribution in [0.5, 0.6) is 0 Å². The highest BCUT2D eigenvalue weighted by Gasteiger charge is 2.23. The molecule has 1 rings (SSSR count). The van der Waals surface area contributed by atoms with Gasteiger partial charge in [-0.2, -0.15) is 5.26 Å². The van der Waals surface area contributed by atoms with Gasteiger partial charge in [-0.1, -0.05) is 24.9 Å². The molecular weight excluding hydrogens is 371 g/mol. The van der Waals surface area contributed by atoms with Crippen LogP contribution < -0.4 is 5.32 Å². The third-order valence-corrected chi connectivity index (χ3v) is 4.03. The fourth-order valence-corrected chi connectivity index (χ4v) is 2.78. The molecule has 0 saturated heterocycles. The lowest BCUT2D eigenvalue weighted by Crippen LogP contribution is -2.20. The maximum atomic E-state index is 13.4. The predicted octanol–water partition coefficient (Wildman–Crippen LogP) is 4.42. The van der Waals surface area contributed by atoms with Crippen LogP contribution in [0.25, 0.3) is 0 Å². The second-order valence-corrected chi connectivity index (χ2v) is 6.47. The van der Waals surface area contributed by atoms with E-state index in [1.54, 1.807) is 13.0 Å². The Morgan fingerprint density at radius 1 is 1.22 bits per heavy atom. The van der Waals surface area contributed by atoms with Gasteiger partial charge in [-0.05, 0) is 44.0 Å². The zero-order valence-corrected chi connectivity index (χ0v) is 16.3. The highest BCUT2D eigenvalue weighted by molar-refractivity contribution is 6.43. The third kappa shape index (κ3) is 5.60. The molecule has 142 valence electrons. The first-order chi connectivity index (χ1) is 12.6. The van der Waals surface area contributed by atoms with E-state index in [0.29, 0.717) is 18.4 Å². The maximum absolute atomic E-state index is 13.4. The van der Waals surface area contributed by atoms with Crippen LogP contribution in [0.15, 0.2) is 40.0 Å². The van der Waals surface area contributed by atoms with E-state index in [0.717, 1.165) is 6.07 Å². The first kappa shape index (κ1) is 22.3. The van der Waals surface area contributed by atoms with Crippen LogP contribution in [0.1, 0.15) is 46.1 Å². The Morgan fingerprint density at radius 3 is 2.33 bits per heavy atom. The molecule has 0 aliphatic carbocycles. The zero-order valence-electron chi connectivity index (χ0n) is 15.6. The third-order valence-electron chi connectivity index (χ3n) is 3.84. The minimum Gasteiger partial charge on any atom is -0.322 e. The molecule has 0 aliphatic heterocycles. The van der Waals surface area contributed by atoms with Gasteiger partial charge >= 0.3 is 0 Å². The minimum atomic E-state index is -0.701. The molecule has 5 nitrogen and oxygen atoms in total. The lowest BCUT2D eigenvalue weighted by Gasteiger charge is -2.15. The number of nitriles is 1. The second kappa shape index (κ2) is 9.79. The number of anilines is 1. The fourth-order valence-electron chi connectivity index (χ4n) is 2.55. The molecule has 1 N–H and O–H groups in total. The van der Waals surface area contributed by atoms with Gasteiger partial charge in [-0.3, -0.25) is 14.4 Å². The molecule has 0 radical (unpaired) electrons. The molecule has 7 heteroatoms. The number of hydrogen-bond donors (Lipinski definition) is 1. The summed E-state index contributed by atoms with van der Waals surface area (Å²) >= 11 is 6.09. The molecule has 0 atom stereocenters. The molecule has 0 unspecified atom stereocenters. The lowest BCUT2D eigenvalue weighted by molar-refractivity contribution is -0.133. The van der Waals surface area contributed by atoms with E-state index >= 15 is 0 Å². The summed E-state index contributed by atoms with van der Waals surface area (Å²) in [5, 5.41) is 11.6. The van der Waals surface area contributed by atoms with Crippen molar-refractivity contribution in [3.8, 4) is 6.07 Å². The molecular formula is C20H20ClFN2O3. The molecule has 0 fully saturated rings. The SMILES string of the molecule is CCC/C(C(=O)C(C)=O)=C(C)\C(C(=O)Nc1ccc(F)c(C#N)c1)=C(/C)Cl. The van der Waals surface area contributed by atoms with Crippen LogP contribution in [-0.4, -0.2) is 17.5 Å². The maximum Gasteiger partial charge on any atom is 0.257 e. The number of halogens is 2. The number of nitrogens with one attached hydrogen (secondary N) is 1. The number of Topliss-reactive ketones (excluding diaryl/α,β-unsaturated/α-hetero) is 2. The Bertz CT molecular complexity index is 891. The van der Waals surface area contributed by atoms with Gasteiger partial charge in [-0.15, -0.1) is 0 Å². The smallest absolute Gasteiger partial charge is 0.257 e. The molecule has 0 heterocycles. The molecule has 0 aliphatic rings. The van der Waals surface area contributed by atoms with Crippen molar-refractivity contribution < 1.29 is 18.8 Å². The normalized spacial score (nSPS) is 12.5. The Kier molecular flexibility index (Phi) is 8.07. The number of nitrogens with zero attached hydrogens (tertiary/aromatic N) is 1. The van der Waals surface area contributed by atoms with Gasteiger partial charge in [0.1, 0.15) is 11.9 Å². The van der Waals surface area contributed by atoms with Crippen LogP contribution in [0, 0.1) is 17.1 Å². The minimum absolute atomic E-state index is 0.0533. The van der Waals surface area contributed by atoms with Crippen molar-refractivity contribution in [1.82, 2.24) is 0 Å². The van der Waals surface area contributed by atoms with E-state index in [9.17, 15) is 18.8 Å². The van der Waals surface area contributed by atoms with Crippen molar-refractivity contribution in [2.24, 2.45) is 0 Å². The standard InChI is InChI=1S/C20H20ClFN2O3/c1-5-6-16(19(26)13(4)25)11(2)18(12(3)21)20(27)24-15-7-8-17(22)14(9-15)10-23/h7-9H,5-6H2,1-4H3,(H,24,27)/b16-11+,18-12-. The summed E-state index contributed by atoms with van der Waals surface area (Å²) in [6.07, 6.45) is 0.922.